The van der Waals surface area contributed by atoms with Gasteiger partial charge in [0.1, 0.15) is 12.6 Å². The summed E-state index contributed by atoms with van der Waals surface area (Å²) in [5.74, 6) is -0.162. The molecule has 3 unspecified atom stereocenters. The minimum Gasteiger partial charge on any atom is -0.390 e. The molecule has 0 saturated carbocycles. The number of aliphatic hydroxyl groups is 1. The molecule has 4 heterocycles. The van der Waals surface area contributed by atoms with Crippen LogP contribution in [0.5, 0.6) is 0 Å². The van der Waals surface area contributed by atoms with Crippen LogP contribution in [0.4, 0.5) is 11.8 Å². The number of H-pyrrole nitrogens is 1. The molecule has 3 aromatic heterocycles. The molecular formula is C16H17N8O4P. The van der Waals surface area contributed by atoms with Crippen molar-refractivity contribution in [1.29, 1.82) is 0 Å². The maximum atomic E-state index is 12.4. The lowest BCUT2D eigenvalue weighted by Gasteiger charge is -2.16. The lowest BCUT2D eigenvalue weighted by molar-refractivity contribution is -0.111. The van der Waals surface area contributed by atoms with E-state index in [0.29, 0.717) is 16.9 Å². The fourth-order valence-electron chi connectivity index (χ4n) is 3.07. The number of anilines is 2. The van der Waals surface area contributed by atoms with E-state index in [0.717, 1.165) is 0 Å². The highest BCUT2D eigenvalue weighted by atomic mass is 31.1. The molecule has 5 N–H and O–H groups in total. The normalized spacial score (nSPS) is 22.0. The molecule has 0 radical (unpaired) electrons. The summed E-state index contributed by atoms with van der Waals surface area (Å²) in [5, 5.41) is 12.9. The topological polar surface area (TPSA) is 174 Å². The molecule has 1 aliphatic heterocycles. The molecule has 0 spiro atoms. The average Bonchev–Trinajstić information content (AvgIpc) is 3.40. The Hall–Kier alpha value is -3.21. The molecule has 0 aliphatic carbocycles. The van der Waals surface area contributed by atoms with E-state index in [2.05, 4.69) is 30.2 Å². The van der Waals surface area contributed by atoms with Gasteiger partial charge in [0.2, 0.25) is 5.95 Å². The maximum absolute atomic E-state index is 12.4. The number of nitrogen functional groups attached to an aromatic ring is 1. The number of carbonyl (C=O) groups is 1. The Morgan fingerprint density at radius 2 is 2.38 bits per heavy atom. The van der Waals surface area contributed by atoms with Gasteiger partial charge in [-0.3, -0.25) is 19.2 Å². The molecule has 12 nitrogen and oxygen atoms in total. The number of hydrogen-bond donors (Lipinski definition) is 4. The highest BCUT2D eigenvalue weighted by molar-refractivity contribution is 7.23. The fourth-order valence-corrected chi connectivity index (χ4v) is 3.55. The third kappa shape index (κ3) is 3.86. The number of nitrogens with zero attached hydrogens (tertiary/aromatic N) is 5. The Labute approximate surface area is 165 Å². The Morgan fingerprint density at radius 1 is 1.52 bits per heavy atom. The molecule has 1 saturated heterocycles. The average molecular weight is 416 g/mol. The number of amides is 1. The van der Waals surface area contributed by atoms with Crippen molar-refractivity contribution < 1.29 is 19.2 Å². The molecule has 1 amide bonds. The summed E-state index contributed by atoms with van der Waals surface area (Å²) < 4.78 is 18.3. The zero-order chi connectivity index (χ0) is 20.4. The molecular weight excluding hydrogens is 399 g/mol. The van der Waals surface area contributed by atoms with Crippen LogP contribution in [-0.2, 0) is 14.1 Å². The number of nitrogens with two attached hydrogens (primary N) is 1. The Balaban J connectivity index is 1.66. The second kappa shape index (κ2) is 8.03. The van der Waals surface area contributed by atoms with Gasteiger partial charge < -0.3 is 20.6 Å². The van der Waals surface area contributed by atoms with Crippen molar-refractivity contribution in [2.45, 2.75) is 24.9 Å². The number of ether oxygens (including phenoxy) is 1. The lowest BCUT2D eigenvalue weighted by Crippen LogP contribution is -2.22. The van der Waals surface area contributed by atoms with Crippen molar-refractivity contribution in [3.8, 4) is 0 Å². The number of nitrogens with one attached hydrogen (secondary N) is 2. The quantitative estimate of drug-likeness (QED) is 0.333. The predicted octanol–water partition coefficient (Wildman–Crippen LogP) is 0.724. The van der Waals surface area contributed by atoms with Gasteiger partial charge >= 0.3 is 0 Å². The van der Waals surface area contributed by atoms with E-state index < -0.39 is 24.3 Å². The first-order valence-corrected chi connectivity index (χ1v) is 9.65. The molecule has 1 fully saturated rings. The van der Waals surface area contributed by atoms with E-state index in [1.165, 1.54) is 18.7 Å². The SMILES string of the molecule is Nc1ncnc2c1nc(NC(=O)C=Cc1cnc[nH]1)n2C1CC(O)C(CP=O)O1. The molecule has 1 aliphatic rings. The van der Waals surface area contributed by atoms with Crippen LogP contribution in [-0.4, -0.2) is 58.9 Å². The van der Waals surface area contributed by atoms with Gasteiger partial charge in [0, 0.05) is 12.5 Å². The van der Waals surface area contributed by atoms with Gasteiger partial charge in [0.25, 0.3) is 5.91 Å². The summed E-state index contributed by atoms with van der Waals surface area (Å²) in [4.78, 5) is 31.6. The maximum Gasteiger partial charge on any atom is 0.250 e. The van der Waals surface area contributed by atoms with Crippen LogP contribution in [0.2, 0.25) is 0 Å². The zero-order valence-corrected chi connectivity index (χ0v) is 15.9. The van der Waals surface area contributed by atoms with Crippen LogP contribution in [0.15, 0.2) is 24.9 Å². The first-order chi connectivity index (χ1) is 14.1. The zero-order valence-electron chi connectivity index (χ0n) is 15.0. The van der Waals surface area contributed by atoms with E-state index >= 15 is 0 Å². The van der Waals surface area contributed by atoms with Crippen LogP contribution in [0.3, 0.4) is 0 Å². The summed E-state index contributed by atoms with van der Waals surface area (Å²) in [5.41, 5.74) is 7.20. The van der Waals surface area contributed by atoms with Crippen LogP contribution >= 0.6 is 8.46 Å². The molecule has 0 bridgehead atoms. The second-order valence-corrected chi connectivity index (χ2v) is 6.93. The number of imidazole rings is 2. The van der Waals surface area contributed by atoms with Gasteiger partial charge in [-0.05, 0) is 6.08 Å². The van der Waals surface area contributed by atoms with E-state index in [1.807, 2.05) is 0 Å². The van der Waals surface area contributed by atoms with Gasteiger partial charge in [-0.2, -0.15) is 0 Å². The molecule has 150 valence electrons. The first kappa shape index (κ1) is 19.1. The van der Waals surface area contributed by atoms with Gasteiger partial charge in [-0.1, -0.05) is 0 Å². The highest BCUT2D eigenvalue weighted by Gasteiger charge is 2.37. The van der Waals surface area contributed by atoms with Crippen molar-refractivity contribution in [2.24, 2.45) is 0 Å². The lowest BCUT2D eigenvalue weighted by atomic mass is 10.2. The smallest absolute Gasteiger partial charge is 0.250 e. The van der Waals surface area contributed by atoms with Gasteiger partial charge in [0.15, 0.2) is 25.4 Å². The highest BCUT2D eigenvalue weighted by Crippen LogP contribution is 2.35. The minimum absolute atomic E-state index is 0.131. The summed E-state index contributed by atoms with van der Waals surface area (Å²) in [6, 6.07) is 0. The third-order valence-corrected chi connectivity index (χ3v) is 4.93. The van der Waals surface area contributed by atoms with Crippen molar-refractivity contribution in [1.82, 2.24) is 29.5 Å². The monoisotopic (exact) mass is 416 g/mol. The van der Waals surface area contributed by atoms with Crippen LogP contribution < -0.4 is 11.1 Å². The largest absolute Gasteiger partial charge is 0.390 e. The van der Waals surface area contributed by atoms with Gasteiger partial charge in [-0.25, -0.2) is 19.9 Å². The van der Waals surface area contributed by atoms with Gasteiger partial charge in [0.05, 0.1) is 36.6 Å². The number of carbonyl (C=O) groups excluding carboxylic acids is 1. The third-order valence-electron chi connectivity index (χ3n) is 4.42. The van der Waals surface area contributed by atoms with Gasteiger partial charge in [-0.15, -0.1) is 0 Å². The van der Waals surface area contributed by atoms with Crippen LogP contribution in [0.1, 0.15) is 18.3 Å². The molecule has 3 aromatic rings. The Bertz CT molecular complexity index is 1070. The Morgan fingerprint density at radius 3 is 3.14 bits per heavy atom. The first-order valence-electron chi connectivity index (χ1n) is 8.65. The molecule has 0 aromatic carbocycles. The van der Waals surface area contributed by atoms with Crippen molar-refractivity contribution >= 4 is 43.4 Å². The summed E-state index contributed by atoms with van der Waals surface area (Å²) in [7, 11) is -0.131. The number of aromatic nitrogens is 6. The minimum atomic E-state index is -0.818. The van der Waals surface area contributed by atoms with E-state index in [9.17, 15) is 14.5 Å². The second-order valence-electron chi connectivity index (χ2n) is 6.31. The standard InChI is InChI=1S/C16H17N8O4P/c17-14-13-15(21-7-20-14)24(12-3-9(25)10(28-12)5-29-27)16(23-13)22-11(26)2-1-8-4-18-6-19-8/h1-2,4,6-7,9-10,12,25H,3,5H2,(H,18,19)(H2,17,20,21)(H,22,23,26). The number of rotatable bonds is 6. The fraction of sp³-hybridized carbons (Fsp3) is 0.312. The number of aromatic amines is 1. The van der Waals surface area contributed by atoms with Crippen LogP contribution in [0, 0.1) is 0 Å². The number of aliphatic hydroxyl groups excluding tert-OH is 1. The predicted molar refractivity (Wildman–Crippen MR) is 103 cm³/mol. The van der Waals surface area contributed by atoms with Crippen molar-refractivity contribution in [3.05, 3.63) is 30.6 Å². The molecule has 29 heavy (non-hydrogen) atoms. The van der Waals surface area contributed by atoms with E-state index in [-0.39, 0.29) is 32.8 Å². The van der Waals surface area contributed by atoms with Crippen LogP contribution in [0.25, 0.3) is 17.2 Å². The summed E-state index contributed by atoms with van der Waals surface area (Å²) in [6.07, 6.45) is 5.47. The van der Waals surface area contributed by atoms with E-state index in [1.54, 1.807) is 16.8 Å². The van der Waals surface area contributed by atoms with Crippen molar-refractivity contribution in [3.63, 3.8) is 0 Å². The Kier molecular flexibility index (Phi) is 5.30. The van der Waals surface area contributed by atoms with Crippen molar-refractivity contribution in [2.75, 3.05) is 17.2 Å². The molecule has 13 heteroatoms. The number of fused-ring (bicyclic) bond motifs is 1. The molecule has 4 rings (SSSR count). The number of hydrogen-bond acceptors (Lipinski definition) is 9. The summed E-state index contributed by atoms with van der Waals surface area (Å²) in [6.45, 7) is 0. The molecule has 3 atom stereocenters. The summed E-state index contributed by atoms with van der Waals surface area (Å²) >= 11 is 0. The van der Waals surface area contributed by atoms with E-state index in [4.69, 9.17) is 10.5 Å².